The zero-order chi connectivity index (χ0) is 15.1. The molecule has 0 atom stereocenters. The fourth-order valence-corrected chi connectivity index (χ4v) is 1.89. The van der Waals surface area contributed by atoms with E-state index < -0.39 is 5.82 Å². The summed E-state index contributed by atoms with van der Waals surface area (Å²) < 4.78 is 14.0. The third-order valence-corrected chi connectivity index (χ3v) is 2.99. The molecule has 1 aromatic carbocycles. The number of carbonyl (C=O) groups is 1. The van der Waals surface area contributed by atoms with Gasteiger partial charge >= 0.3 is 0 Å². The van der Waals surface area contributed by atoms with E-state index in [1.165, 1.54) is 11.0 Å². The van der Waals surface area contributed by atoms with Crippen molar-refractivity contribution in [1.82, 2.24) is 9.80 Å². The highest BCUT2D eigenvalue weighted by Gasteiger charge is 2.15. The summed E-state index contributed by atoms with van der Waals surface area (Å²) in [6.45, 7) is 3.29. The molecule has 0 saturated heterocycles. The maximum absolute atomic E-state index is 14.0. The van der Waals surface area contributed by atoms with E-state index in [0.29, 0.717) is 18.7 Å². The zero-order valence-electron chi connectivity index (χ0n) is 12.2. The molecule has 1 amide bonds. The van der Waals surface area contributed by atoms with Crippen molar-refractivity contribution in [2.24, 2.45) is 0 Å². The first-order valence-corrected chi connectivity index (χ1v) is 6.59. The maximum Gasteiger partial charge on any atom is 0.236 e. The minimum absolute atomic E-state index is 0.0182. The van der Waals surface area contributed by atoms with Crippen LogP contribution in [-0.2, 0) is 11.3 Å². The fraction of sp³-hybridized carbons (Fsp3) is 0.467. The molecule has 4 nitrogen and oxygen atoms in total. The van der Waals surface area contributed by atoms with Gasteiger partial charge in [0.1, 0.15) is 11.9 Å². The number of likely N-dealkylation sites (N-methyl/N-ethyl adjacent to an activating group) is 1. The van der Waals surface area contributed by atoms with Gasteiger partial charge in [0.15, 0.2) is 0 Å². The van der Waals surface area contributed by atoms with E-state index in [0.717, 1.165) is 6.42 Å². The van der Waals surface area contributed by atoms with Gasteiger partial charge in [0.05, 0.1) is 12.1 Å². The van der Waals surface area contributed by atoms with Gasteiger partial charge in [0.2, 0.25) is 5.91 Å². The number of amides is 1. The Balaban J connectivity index is 2.86. The Morgan fingerprint density at radius 2 is 2.10 bits per heavy atom. The van der Waals surface area contributed by atoms with Crippen LogP contribution in [0.2, 0.25) is 0 Å². The average Bonchev–Trinajstić information content (AvgIpc) is 2.41. The predicted molar refractivity (Wildman–Crippen MR) is 75.4 cm³/mol. The maximum atomic E-state index is 14.0. The van der Waals surface area contributed by atoms with E-state index in [9.17, 15) is 9.18 Å². The second kappa shape index (κ2) is 7.61. The number of carbonyl (C=O) groups excluding carboxylic acids is 1. The Morgan fingerprint density at radius 3 is 2.65 bits per heavy atom. The number of halogens is 1. The Bertz CT molecular complexity index is 508. The highest BCUT2D eigenvalue weighted by molar-refractivity contribution is 5.77. The minimum Gasteiger partial charge on any atom is -0.348 e. The van der Waals surface area contributed by atoms with Crippen LogP contribution in [0.1, 0.15) is 24.5 Å². The molecule has 0 radical (unpaired) electrons. The standard InChI is InChI=1S/C15H20FN3O/c1-4-8-19(11-14(20)18(2)3)10-13-7-5-6-12(9-17)15(13)16/h5-7H,4,8,10-11H2,1-3H3. The molecule has 20 heavy (non-hydrogen) atoms. The van der Waals surface area contributed by atoms with E-state index >= 15 is 0 Å². The van der Waals surface area contributed by atoms with Crippen LogP contribution in [0.15, 0.2) is 18.2 Å². The van der Waals surface area contributed by atoms with Gasteiger partial charge in [0.25, 0.3) is 0 Å². The van der Waals surface area contributed by atoms with E-state index in [4.69, 9.17) is 5.26 Å². The lowest BCUT2D eigenvalue weighted by molar-refractivity contribution is -0.130. The van der Waals surface area contributed by atoms with Crippen LogP contribution >= 0.6 is 0 Å². The first kappa shape index (κ1) is 16.1. The van der Waals surface area contributed by atoms with Gasteiger partial charge in [-0.15, -0.1) is 0 Å². The van der Waals surface area contributed by atoms with Gasteiger partial charge in [-0.05, 0) is 19.0 Å². The van der Waals surface area contributed by atoms with Crippen molar-refractivity contribution in [3.05, 3.63) is 35.1 Å². The number of nitrogens with zero attached hydrogens (tertiary/aromatic N) is 3. The Morgan fingerprint density at radius 1 is 1.40 bits per heavy atom. The van der Waals surface area contributed by atoms with Crippen molar-refractivity contribution in [3.63, 3.8) is 0 Å². The van der Waals surface area contributed by atoms with Crippen molar-refractivity contribution in [3.8, 4) is 6.07 Å². The van der Waals surface area contributed by atoms with Crippen LogP contribution < -0.4 is 0 Å². The van der Waals surface area contributed by atoms with Crippen molar-refractivity contribution in [2.45, 2.75) is 19.9 Å². The molecular weight excluding hydrogens is 257 g/mol. The highest BCUT2D eigenvalue weighted by atomic mass is 19.1. The molecule has 0 aliphatic heterocycles. The molecule has 0 saturated carbocycles. The highest BCUT2D eigenvalue weighted by Crippen LogP contribution is 2.14. The lowest BCUT2D eigenvalue weighted by atomic mass is 10.1. The van der Waals surface area contributed by atoms with Crippen LogP contribution in [0.5, 0.6) is 0 Å². The van der Waals surface area contributed by atoms with Crippen LogP contribution in [0.3, 0.4) is 0 Å². The van der Waals surface area contributed by atoms with E-state index in [2.05, 4.69) is 0 Å². The summed E-state index contributed by atoms with van der Waals surface area (Å²) in [5.41, 5.74) is 0.488. The molecule has 108 valence electrons. The van der Waals surface area contributed by atoms with Crippen LogP contribution in [-0.4, -0.2) is 42.9 Å². The molecule has 0 unspecified atom stereocenters. The Kier molecular flexibility index (Phi) is 6.13. The molecule has 0 heterocycles. The van der Waals surface area contributed by atoms with E-state index in [-0.39, 0.29) is 18.0 Å². The number of benzene rings is 1. The lowest BCUT2D eigenvalue weighted by Crippen LogP contribution is -2.36. The molecule has 1 aromatic rings. The Hall–Kier alpha value is -1.93. The zero-order valence-corrected chi connectivity index (χ0v) is 12.2. The second-order valence-corrected chi connectivity index (χ2v) is 4.89. The van der Waals surface area contributed by atoms with Gasteiger partial charge in [-0.1, -0.05) is 19.1 Å². The van der Waals surface area contributed by atoms with Gasteiger partial charge in [-0.3, -0.25) is 9.69 Å². The molecule has 0 fully saturated rings. The molecule has 0 N–H and O–H groups in total. The first-order valence-electron chi connectivity index (χ1n) is 6.59. The van der Waals surface area contributed by atoms with Crippen molar-refractivity contribution in [2.75, 3.05) is 27.2 Å². The smallest absolute Gasteiger partial charge is 0.236 e. The number of rotatable bonds is 6. The van der Waals surface area contributed by atoms with Crippen LogP contribution in [0.4, 0.5) is 4.39 Å². The van der Waals surface area contributed by atoms with Crippen LogP contribution in [0.25, 0.3) is 0 Å². The van der Waals surface area contributed by atoms with Gasteiger partial charge in [0, 0.05) is 26.2 Å². The summed E-state index contributed by atoms with van der Waals surface area (Å²) in [5.74, 6) is -0.510. The summed E-state index contributed by atoms with van der Waals surface area (Å²) in [5, 5.41) is 8.83. The number of nitriles is 1. The lowest BCUT2D eigenvalue weighted by Gasteiger charge is -2.23. The van der Waals surface area contributed by atoms with Crippen LogP contribution in [0, 0.1) is 17.1 Å². The summed E-state index contributed by atoms with van der Waals surface area (Å²) in [6.07, 6.45) is 0.875. The van der Waals surface area contributed by atoms with Crippen molar-refractivity contribution < 1.29 is 9.18 Å². The number of hydrogen-bond donors (Lipinski definition) is 0. The average molecular weight is 277 g/mol. The summed E-state index contributed by atoms with van der Waals surface area (Å²) in [4.78, 5) is 15.2. The van der Waals surface area contributed by atoms with Crippen molar-refractivity contribution >= 4 is 5.91 Å². The first-order chi connectivity index (χ1) is 9.49. The quantitative estimate of drug-likeness (QED) is 0.799. The molecule has 0 aliphatic carbocycles. The third-order valence-electron chi connectivity index (χ3n) is 2.99. The molecular formula is C15H20FN3O. The molecule has 0 bridgehead atoms. The minimum atomic E-state index is -0.492. The molecule has 0 aliphatic rings. The number of hydrogen-bond acceptors (Lipinski definition) is 3. The normalized spacial score (nSPS) is 10.4. The summed E-state index contributed by atoms with van der Waals surface area (Å²) in [6, 6.07) is 6.60. The third kappa shape index (κ3) is 4.32. The predicted octanol–water partition coefficient (Wildman–Crippen LogP) is 2.00. The van der Waals surface area contributed by atoms with E-state index in [1.807, 2.05) is 17.9 Å². The molecule has 0 spiro atoms. The SMILES string of the molecule is CCCN(CC(=O)N(C)C)Cc1cccc(C#N)c1F. The van der Waals surface area contributed by atoms with E-state index in [1.54, 1.807) is 26.2 Å². The molecule has 5 heteroatoms. The van der Waals surface area contributed by atoms with Crippen molar-refractivity contribution in [1.29, 1.82) is 5.26 Å². The monoisotopic (exact) mass is 277 g/mol. The largest absolute Gasteiger partial charge is 0.348 e. The van der Waals surface area contributed by atoms with Gasteiger partial charge in [-0.25, -0.2) is 4.39 Å². The topological polar surface area (TPSA) is 47.3 Å². The second-order valence-electron chi connectivity index (χ2n) is 4.89. The molecule has 1 rings (SSSR count). The summed E-state index contributed by atoms with van der Waals surface area (Å²) in [7, 11) is 3.40. The van der Waals surface area contributed by atoms with Gasteiger partial charge < -0.3 is 4.90 Å². The van der Waals surface area contributed by atoms with Gasteiger partial charge in [-0.2, -0.15) is 5.26 Å². The Labute approximate surface area is 119 Å². The fourth-order valence-electron chi connectivity index (χ4n) is 1.89. The summed E-state index contributed by atoms with van der Waals surface area (Å²) >= 11 is 0. The molecule has 0 aromatic heterocycles.